The third-order valence-corrected chi connectivity index (χ3v) is 12.6. The van der Waals surface area contributed by atoms with E-state index in [9.17, 15) is 0 Å². The summed E-state index contributed by atoms with van der Waals surface area (Å²) in [5.74, 6) is 0. The Labute approximate surface area is 328 Å². The first-order valence-corrected chi connectivity index (χ1v) is 19.9. The SMILES string of the molecule is c1ccc(N2c3ccccc3-c3ccc(N(c4ccc5sc6ccccc6c5c4)c4ccc5c(c4)c4ccccc4n5-c4ccccc4)c4cccc2c34)cc1. The Bertz CT molecular complexity index is 3320. The Hall–Kier alpha value is -7.14. The fourth-order valence-electron chi connectivity index (χ4n) is 9.09. The van der Waals surface area contributed by atoms with E-state index in [1.807, 2.05) is 11.3 Å². The van der Waals surface area contributed by atoms with Gasteiger partial charge in [0.1, 0.15) is 0 Å². The number of hydrogen-bond acceptors (Lipinski definition) is 3. The lowest BCUT2D eigenvalue weighted by Crippen LogP contribution is -2.16. The molecule has 0 unspecified atom stereocenters. The number of rotatable bonds is 5. The highest BCUT2D eigenvalue weighted by molar-refractivity contribution is 7.25. The number of aromatic nitrogens is 1. The quantitative estimate of drug-likeness (QED) is 0.175. The van der Waals surface area contributed by atoms with E-state index in [0.717, 1.165) is 28.4 Å². The van der Waals surface area contributed by atoms with Crippen LogP contribution in [0.4, 0.5) is 34.1 Å². The van der Waals surface area contributed by atoms with E-state index in [0.29, 0.717) is 0 Å². The zero-order valence-corrected chi connectivity index (χ0v) is 31.1. The van der Waals surface area contributed by atoms with Crippen molar-refractivity contribution in [2.24, 2.45) is 0 Å². The first-order valence-electron chi connectivity index (χ1n) is 19.1. The molecule has 262 valence electrons. The van der Waals surface area contributed by atoms with Gasteiger partial charge in [0.05, 0.1) is 28.1 Å². The van der Waals surface area contributed by atoms with Crippen molar-refractivity contribution in [2.45, 2.75) is 0 Å². The molecule has 12 rings (SSSR count). The summed E-state index contributed by atoms with van der Waals surface area (Å²) in [5, 5.41) is 7.49. The average Bonchev–Trinajstić information content (AvgIpc) is 3.80. The van der Waals surface area contributed by atoms with Crippen LogP contribution in [0.1, 0.15) is 0 Å². The predicted octanol–water partition coefficient (Wildman–Crippen LogP) is 15.2. The van der Waals surface area contributed by atoms with E-state index in [2.05, 4.69) is 215 Å². The van der Waals surface area contributed by atoms with Crippen LogP contribution in [-0.2, 0) is 0 Å². The van der Waals surface area contributed by atoms with E-state index in [1.165, 1.54) is 75.3 Å². The van der Waals surface area contributed by atoms with Crippen molar-refractivity contribution in [2.75, 3.05) is 9.80 Å². The molecule has 4 heteroatoms. The summed E-state index contributed by atoms with van der Waals surface area (Å²) in [6.07, 6.45) is 0. The molecule has 0 aliphatic carbocycles. The maximum absolute atomic E-state index is 2.48. The van der Waals surface area contributed by atoms with Gasteiger partial charge in [-0.2, -0.15) is 0 Å². The van der Waals surface area contributed by atoms with Gasteiger partial charge < -0.3 is 14.4 Å². The highest BCUT2D eigenvalue weighted by Crippen LogP contribution is 2.54. The Morgan fingerprint density at radius 2 is 1.00 bits per heavy atom. The standard InChI is InChI=1S/C52H33N3S/c1-3-14-34(15-4-1)54-46-23-11-8-19-39(46)43-32-36(26-29-48(43)54)53(37-27-31-51-44(33-37)40-20-9-12-25-50(40)56-51)47-30-28-41-38-18-7-10-22-45(38)55(35-16-5-2-6-17-35)49-24-13-21-42(47)52(41)49/h1-33H. The number of benzene rings is 9. The average molecular weight is 732 g/mol. The van der Waals surface area contributed by atoms with Gasteiger partial charge in [0, 0.05) is 70.0 Å². The molecule has 3 nitrogen and oxygen atoms in total. The maximum Gasteiger partial charge on any atom is 0.0547 e. The molecular formula is C52H33N3S. The van der Waals surface area contributed by atoms with Gasteiger partial charge in [0.2, 0.25) is 0 Å². The minimum atomic E-state index is 1.11. The molecule has 0 fully saturated rings. The van der Waals surface area contributed by atoms with Gasteiger partial charge in [0.15, 0.2) is 0 Å². The maximum atomic E-state index is 2.48. The summed E-state index contributed by atoms with van der Waals surface area (Å²) in [4.78, 5) is 4.91. The predicted molar refractivity (Wildman–Crippen MR) is 240 cm³/mol. The number of anilines is 6. The molecule has 9 aromatic carbocycles. The second kappa shape index (κ2) is 12.2. The summed E-state index contributed by atoms with van der Waals surface area (Å²) < 4.78 is 4.99. The molecule has 56 heavy (non-hydrogen) atoms. The minimum absolute atomic E-state index is 1.11. The largest absolute Gasteiger partial charge is 0.310 e. The van der Waals surface area contributed by atoms with Crippen molar-refractivity contribution in [3.63, 3.8) is 0 Å². The van der Waals surface area contributed by atoms with Gasteiger partial charge >= 0.3 is 0 Å². The second-order valence-electron chi connectivity index (χ2n) is 14.5. The van der Waals surface area contributed by atoms with Crippen molar-refractivity contribution < 1.29 is 0 Å². The lowest BCUT2D eigenvalue weighted by molar-refractivity contribution is 1.18. The summed E-state index contributed by atoms with van der Waals surface area (Å²) >= 11 is 1.86. The van der Waals surface area contributed by atoms with Crippen LogP contribution in [0.5, 0.6) is 0 Å². The molecule has 0 amide bonds. The monoisotopic (exact) mass is 731 g/mol. The van der Waals surface area contributed by atoms with Crippen LogP contribution in [-0.4, -0.2) is 4.57 Å². The van der Waals surface area contributed by atoms with Crippen LogP contribution < -0.4 is 9.80 Å². The number of hydrogen-bond donors (Lipinski definition) is 0. The topological polar surface area (TPSA) is 11.4 Å². The van der Waals surface area contributed by atoms with Gasteiger partial charge in [-0.05, 0) is 96.6 Å². The van der Waals surface area contributed by atoms with E-state index < -0.39 is 0 Å². The highest BCUT2D eigenvalue weighted by Gasteiger charge is 2.28. The summed E-state index contributed by atoms with van der Waals surface area (Å²) in [5.41, 5.74) is 12.9. The van der Waals surface area contributed by atoms with Crippen LogP contribution in [0.25, 0.3) is 69.6 Å². The van der Waals surface area contributed by atoms with E-state index in [1.54, 1.807) is 0 Å². The van der Waals surface area contributed by atoms with Crippen molar-refractivity contribution in [3.05, 3.63) is 200 Å². The van der Waals surface area contributed by atoms with Crippen molar-refractivity contribution >= 4 is 98.2 Å². The van der Waals surface area contributed by atoms with Crippen molar-refractivity contribution in [1.82, 2.24) is 4.57 Å². The lowest BCUT2D eigenvalue weighted by Gasteiger charge is -2.35. The van der Waals surface area contributed by atoms with Gasteiger partial charge in [-0.15, -0.1) is 11.3 Å². The molecule has 0 N–H and O–H groups in total. The Kier molecular flexibility index (Phi) is 6.80. The van der Waals surface area contributed by atoms with Crippen molar-refractivity contribution in [1.29, 1.82) is 0 Å². The molecule has 1 aliphatic heterocycles. The molecular weight excluding hydrogens is 699 g/mol. The number of thiophene rings is 1. The first-order chi connectivity index (χ1) is 27.8. The summed E-state index contributed by atoms with van der Waals surface area (Å²) in [6.45, 7) is 0. The highest BCUT2D eigenvalue weighted by atomic mass is 32.1. The van der Waals surface area contributed by atoms with Crippen LogP contribution in [0.15, 0.2) is 200 Å². The first kappa shape index (κ1) is 31.2. The normalized spacial score (nSPS) is 12.2. The molecule has 0 radical (unpaired) electrons. The molecule has 0 bridgehead atoms. The number of para-hydroxylation sites is 4. The summed E-state index contributed by atoms with van der Waals surface area (Å²) in [6, 6.07) is 73.3. The van der Waals surface area contributed by atoms with Crippen molar-refractivity contribution in [3.8, 4) is 16.8 Å². The van der Waals surface area contributed by atoms with Crippen LogP contribution >= 0.6 is 11.3 Å². The molecule has 1 aliphatic rings. The molecule has 0 spiro atoms. The molecule has 0 saturated heterocycles. The van der Waals surface area contributed by atoms with E-state index in [4.69, 9.17) is 0 Å². The van der Waals surface area contributed by atoms with Gasteiger partial charge in [-0.3, -0.25) is 0 Å². The zero-order chi connectivity index (χ0) is 36.7. The van der Waals surface area contributed by atoms with Crippen LogP contribution in [0.2, 0.25) is 0 Å². The van der Waals surface area contributed by atoms with E-state index >= 15 is 0 Å². The number of fused-ring (bicyclic) bond motifs is 8. The molecule has 0 saturated carbocycles. The lowest BCUT2D eigenvalue weighted by atomic mass is 9.89. The third kappa shape index (κ3) is 4.57. The molecule has 3 heterocycles. The molecule has 0 atom stereocenters. The van der Waals surface area contributed by atoms with Gasteiger partial charge in [-0.1, -0.05) is 109 Å². The third-order valence-electron chi connectivity index (χ3n) is 11.5. The Balaban J connectivity index is 1.15. The summed E-state index contributed by atoms with van der Waals surface area (Å²) in [7, 11) is 0. The second-order valence-corrected chi connectivity index (χ2v) is 15.6. The minimum Gasteiger partial charge on any atom is -0.310 e. The van der Waals surface area contributed by atoms with Gasteiger partial charge in [-0.25, -0.2) is 0 Å². The number of nitrogens with zero attached hydrogens (tertiary/aromatic N) is 3. The van der Waals surface area contributed by atoms with Gasteiger partial charge in [0.25, 0.3) is 0 Å². The van der Waals surface area contributed by atoms with Crippen LogP contribution in [0.3, 0.4) is 0 Å². The molecule has 2 aromatic heterocycles. The molecule has 11 aromatic rings. The Morgan fingerprint density at radius 1 is 0.375 bits per heavy atom. The van der Waals surface area contributed by atoms with Crippen LogP contribution in [0, 0.1) is 0 Å². The Morgan fingerprint density at radius 3 is 1.86 bits per heavy atom. The van der Waals surface area contributed by atoms with E-state index in [-0.39, 0.29) is 0 Å². The fourth-order valence-corrected chi connectivity index (χ4v) is 10.2. The smallest absolute Gasteiger partial charge is 0.0547 e. The zero-order valence-electron chi connectivity index (χ0n) is 30.3. The fraction of sp³-hybridized carbons (Fsp3) is 0.